The Kier molecular flexibility index (Phi) is 4.64. The van der Waals surface area contributed by atoms with Gasteiger partial charge in [0.1, 0.15) is 5.02 Å². The highest BCUT2D eigenvalue weighted by Gasteiger charge is 2.25. The fraction of sp³-hybridized carbons (Fsp3) is 0.462. The first-order valence-corrected chi connectivity index (χ1v) is 6.79. The molecule has 1 atom stereocenters. The van der Waals surface area contributed by atoms with E-state index in [0.29, 0.717) is 19.7 Å². The Hall–Kier alpha value is -1.86. The molecular formula is C13H15ClN2O5. The molecule has 8 heteroatoms. The van der Waals surface area contributed by atoms with Crippen LogP contribution in [0, 0.1) is 17.0 Å². The molecule has 1 unspecified atom stereocenters. The minimum absolute atomic E-state index is 0.0712. The van der Waals surface area contributed by atoms with E-state index in [1.807, 2.05) is 4.90 Å². The molecule has 1 fully saturated rings. The van der Waals surface area contributed by atoms with E-state index in [9.17, 15) is 14.9 Å². The fourth-order valence-electron chi connectivity index (χ4n) is 2.39. The van der Waals surface area contributed by atoms with Crippen molar-refractivity contribution < 1.29 is 19.6 Å². The normalized spacial score (nSPS) is 18.6. The molecule has 1 N–H and O–H groups in total. The SMILES string of the molecule is Cc1cc([N+](=O)[O-])c(Cl)cc1N1CCOC(CC(=O)O)C1. The van der Waals surface area contributed by atoms with Gasteiger partial charge in [0.25, 0.3) is 5.69 Å². The molecule has 1 aromatic carbocycles. The predicted molar refractivity (Wildman–Crippen MR) is 77.0 cm³/mol. The highest BCUT2D eigenvalue weighted by Crippen LogP contribution is 2.33. The summed E-state index contributed by atoms with van der Waals surface area (Å²) in [7, 11) is 0. The number of ether oxygens (including phenoxy) is 1. The molecule has 0 spiro atoms. The number of aliphatic carboxylic acids is 1. The number of nitro benzene ring substituents is 1. The van der Waals surface area contributed by atoms with Crippen LogP contribution in [0.2, 0.25) is 5.02 Å². The molecule has 0 saturated carbocycles. The molecule has 0 amide bonds. The van der Waals surface area contributed by atoms with E-state index in [4.69, 9.17) is 21.4 Å². The van der Waals surface area contributed by atoms with E-state index in [1.165, 1.54) is 6.07 Å². The van der Waals surface area contributed by atoms with E-state index in [2.05, 4.69) is 0 Å². The average molecular weight is 315 g/mol. The van der Waals surface area contributed by atoms with Crippen LogP contribution in [0.3, 0.4) is 0 Å². The third-order valence-corrected chi connectivity index (χ3v) is 3.65. The number of benzene rings is 1. The van der Waals surface area contributed by atoms with Gasteiger partial charge in [-0.15, -0.1) is 0 Å². The van der Waals surface area contributed by atoms with Crippen molar-refractivity contribution in [1.82, 2.24) is 0 Å². The Balaban J connectivity index is 2.23. The molecule has 1 aliphatic rings. The van der Waals surface area contributed by atoms with E-state index in [-0.39, 0.29) is 17.1 Å². The Morgan fingerprint density at radius 3 is 2.95 bits per heavy atom. The predicted octanol–water partition coefficient (Wildman–Crippen LogP) is 2.24. The van der Waals surface area contributed by atoms with Crippen LogP contribution >= 0.6 is 11.6 Å². The summed E-state index contributed by atoms with van der Waals surface area (Å²) in [4.78, 5) is 23.0. The van der Waals surface area contributed by atoms with Crippen LogP contribution in [0.15, 0.2) is 12.1 Å². The first-order chi connectivity index (χ1) is 9.88. The quantitative estimate of drug-likeness (QED) is 0.676. The minimum Gasteiger partial charge on any atom is -0.481 e. The molecule has 7 nitrogen and oxygen atoms in total. The first-order valence-electron chi connectivity index (χ1n) is 6.41. The maximum absolute atomic E-state index is 10.9. The maximum Gasteiger partial charge on any atom is 0.306 e. The fourth-order valence-corrected chi connectivity index (χ4v) is 2.62. The second-order valence-corrected chi connectivity index (χ2v) is 5.29. The molecule has 0 radical (unpaired) electrons. The van der Waals surface area contributed by atoms with Crippen LogP contribution in [-0.4, -0.2) is 41.8 Å². The smallest absolute Gasteiger partial charge is 0.306 e. The van der Waals surface area contributed by atoms with Crippen LogP contribution in [0.25, 0.3) is 0 Å². The van der Waals surface area contributed by atoms with E-state index in [1.54, 1.807) is 13.0 Å². The minimum atomic E-state index is -0.916. The molecular weight excluding hydrogens is 300 g/mol. The van der Waals surface area contributed by atoms with Crippen molar-refractivity contribution in [3.8, 4) is 0 Å². The second-order valence-electron chi connectivity index (χ2n) is 4.88. The van der Waals surface area contributed by atoms with Gasteiger partial charge in [-0.25, -0.2) is 0 Å². The molecule has 0 bridgehead atoms. The Bertz CT molecular complexity index is 578. The summed E-state index contributed by atoms with van der Waals surface area (Å²) < 4.78 is 5.41. The number of carboxylic acid groups (broad SMARTS) is 1. The van der Waals surface area contributed by atoms with Crippen LogP contribution in [-0.2, 0) is 9.53 Å². The van der Waals surface area contributed by atoms with Crippen molar-refractivity contribution in [3.63, 3.8) is 0 Å². The number of morpholine rings is 1. The van der Waals surface area contributed by atoms with Gasteiger partial charge in [-0.2, -0.15) is 0 Å². The molecule has 21 heavy (non-hydrogen) atoms. The summed E-state index contributed by atoms with van der Waals surface area (Å²) in [6, 6.07) is 2.98. The third kappa shape index (κ3) is 3.62. The van der Waals surface area contributed by atoms with Gasteiger partial charge < -0.3 is 14.7 Å². The van der Waals surface area contributed by atoms with Gasteiger partial charge in [0.2, 0.25) is 0 Å². The lowest BCUT2D eigenvalue weighted by Crippen LogP contribution is -2.43. The number of aryl methyl sites for hydroxylation is 1. The zero-order chi connectivity index (χ0) is 15.6. The summed E-state index contributed by atoms with van der Waals surface area (Å²) in [5.41, 5.74) is 1.36. The molecule has 1 heterocycles. The lowest BCUT2D eigenvalue weighted by molar-refractivity contribution is -0.384. The summed E-state index contributed by atoms with van der Waals surface area (Å²) >= 11 is 5.94. The third-order valence-electron chi connectivity index (χ3n) is 3.34. The topological polar surface area (TPSA) is 92.9 Å². The van der Waals surface area contributed by atoms with Gasteiger partial charge in [0, 0.05) is 24.8 Å². The largest absolute Gasteiger partial charge is 0.481 e. The molecule has 1 aliphatic heterocycles. The van der Waals surface area contributed by atoms with Crippen molar-refractivity contribution in [2.45, 2.75) is 19.4 Å². The monoisotopic (exact) mass is 314 g/mol. The van der Waals surface area contributed by atoms with Gasteiger partial charge in [0.05, 0.1) is 24.1 Å². The summed E-state index contributed by atoms with van der Waals surface area (Å²) in [5.74, 6) is -0.916. The lowest BCUT2D eigenvalue weighted by atomic mass is 10.1. The van der Waals surface area contributed by atoms with Crippen LogP contribution in [0.5, 0.6) is 0 Å². The highest BCUT2D eigenvalue weighted by atomic mass is 35.5. The van der Waals surface area contributed by atoms with Crippen molar-refractivity contribution in [3.05, 3.63) is 32.8 Å². The second kappa shape index (κ2) is 6.28. The Labute approximate surface area is 126 Å². The van der Waals surface area contributed by atoms with Crippen molar-refractivity contribution in [1.29, 1.82) is 0 Å². The average Bonchev–Trinajstić information content (AvgIpc) is 2.40. The number of hydrogen-bond acceptors (Lipinski definition) is 5. The molecule has 1 aromatic rings. The molecule has 1 saturated heterocycles. The number of nitro groups is 1. The zero-order valence-corrected chi connectivity index (χ0v) is 12.2. The van der Waals surface area contributed by atoms with Gasteiger partial charge in [-0.05, 0) is 18.6 Å². The summed E-state index contributed by atoms with van der Waals surface area (Å²) in [6.07, 6.45) is -0.472. The van der Waals surface area contributed by atoms with Gasteiger partial charge in [-0.3, -0.25) is 14.9 Å². The number of halogens is 1. The maximum atomic E-state index is 10.9. The Morgan fingerprint density at radius 2 is 2.33 bits per heavy atom. The van der Waals surface area contributed by atoms with E-state index in [0.717, 1.165) is 11.3 Å². The first kappa shape index (κ1) is 15.5. The zero-order valence-electron chi connectivity index (χ0n) is 11.4. The number of carbonyl (C=O) groups is 1. The summed E-state index contributed by atoms with van der Waals surface area (Å²) in [5, 5.41) is 19.8. The van der Waals surface area contributed by atoms with E-state index < -0.39 is 17.0 Å². The van der Waals surface area contributed by atoms with Crippen molar-refractivity contribution >= 4 is 28.9 Å². The van der Waals surface area contributed by atoms with E-state index >= 15 is 0 Å². The molecule has 0 aliphatic carbocycles. The van der Waals surface area contributed by atoms with Crippen LogP contribution < -0.4 is 4.90 Å². The van der Waals surface area contributed by atoms with Crippen LogP contribution in [0.1, 0.15) is 12.0 Å². The van der Waals surface area contributed by atoms with Gasteiger partial charge in [-0.1, -0.05) is 11.6 Å². The van der Waals surface area contributed by atoms with Crippen LogP contribution in [0.4, 0.5) is 11.4 Å². The molecule has 0 aromatic heterocycles. The standard InChI is InChI=1S/C13H15ClN2O5/c1-8-4-12(16(19)20)10(14)6-11(8)15-2-3-21-9(7-15)5-13(17)18/h4,6,9H,2-3,5,7H2,1H3,(H,17,18). The number of hydrogen-bond donors (Lipinski definition) is 1. The highest BCUT2D eigenvalue weighted by molar-refractivity contribution is 6.33. The van der Waals surface area contributed by atoms with Crippen molar-refractivity contribution in [2.24, 2.45) is 0 Å². The Morgan fingerprint density at radius 1 is 1.62 bits per heavy atom. The lowest BCUT2D eigenvalue weighted by Gasteiger charge is -2.34. The van der Waals surface area contributed by atoms with Crippen molar-refractivity contribution in [2.75, 3.05) is 24.6 Å². The summed E-state index contributed by atoms with van der Waals surface area (Å²) in [6.45, 7) is 3.18. The number of rotatable bonds is 4. The number of anilines is 1. The molecule has 114 valence electrons. The number of nitrogens with zero attached hydrogens (tertiary/aromatic N) is 2. The molecule has 2 rings (SSSR count). The number of carboxylic acids is 1. The van der Waals surface area contributed by atoms with Gasteiger partial charge >= 0.3 is 5.97 Å². The van der Waals surface area contributed by atoms with Gasteiger partial charge in [0.15, 0.2) is 0 Å².